The average Bonchev–Trinajstić information content (AvgIpc) is 3.12. The van der Waals surface area contributed by atoms with Crippen LogP contribution in [0, 0.1) is 0 Å². The van der Waals surface area contributed by atoms with E-state index in [-0.39, 0.29) is 24.6 Å². The van der Waals surface area contributed by atoms with E-state index < -0.39 is 6.03 Å². The Balaban J connectivity index is 1.67. The third-order valence-corrected chi connectivity index (χ3v) is 3.02. The van der Waals surface area contributed by atoms with Gasteiger partial charge in [-0.3, -0.25) is 15.0 Å². The lowest BCUT2D eigenvalue weighted by Crippen LogP contribution is -2.50. The zero-order valence-corrected chi connectivity index (χ0v) is 10.4. The lowest BCUT2D eigenvalue weighted by Gasteiger charge is -2.31. The normalized spacial score (nSPS) is 24.6. The number of carbonyl (C=O) groups excluding carboxylic acids is 2. The van der Waals surface area contributed by atoms with Crippen molar-refractivity contribution >= 4 is 11.9 Å². The van der Waals surface area contributed by atoms with Crippen molar-refractivity contribution in [2.45, 2.75) is 25.0 Å². The van der Waals surface area contributed by atoms with Gasteiger partial charge in [-0.05, 0) is 12.8 Å². The first kappa shape index (κ1) is 13.3. The van der Waals surface area contributed by atoms with E-state index in [1.165, 1.54) is 0 Å². The highest BCUT2D eigenvalue weighted by molar-refractivity contribution is 5.95. The molecule has 7 nitrogen and oxygen atoms in total. The van der Waals surface area contributed by atoms with Crippen LogP contribution in [0.15, 0.2) is 0 Å². The maximum atomic E-state index is 11.6. The van der Waals surface area contributed by atoms with Crippen molar-refractivity contribution in [3.63, 3.8) is 0 Å². The number of nitrogens with two attached hydrogens (primary N) is 1. The van der Waals surface area contributed by atoms with E-state index in [1.54, 1.807) is 0 Å². The van der Waals surface area contributed by atoms with Crippen molar-refractivity contribution in [1.82, 2.24) is 15.5 Å². The van der Waals surface area contributed by atoms with Crippen LogP contribution in [-0.4, -0.2) is 61.8 Å². The molecule has 2 fully saturated rings. The second kappa shape index (κ2) is 6.12. The van der Waals surface area contributed by atoms with Gasteiger partial charge in [-0.15, -0.1) is 0 Å². The number of urea groups is 1. The molecule has 7 heteroatoms. The Morgan fingerprint density at radius 1 is 1.39 bits per heavy atom. The fourth-order valence-corrected chi connectivity index (χ4v) is 1.89. The van der Waals surface area contributed by atoms with Crippen molar-refractivity contribution in [1.29, 1.82) is 0 Å². The molecule has 18 heavy (non-hydrogen) atoms. The number of hydrogen-bond acceptors (Lipinski definition) is 5. The van der Waals surface area contributed by atoms with Gasteiger partial charge >= 0.3 is 6.03 Å². The van der Waals surface area contributed by atoms with Gasteiger partial charge in [0.15, 0.2) is 0 Å². The Labute approximate surface area is 106 Å². The smallest absolute Gasteiger partial charge is 0.321 e. The minimum atomic E-state index is -0.397. The first-order chi connectivity index (χ1) is 8.67. The van der Waals surface area contributed by atoms with Crippen molar-refractivity contribution in [3.8, 4) is 0 Å². The van der Waals surface area contributed by atoms with E-state index in [0.29, 0.717) is 26.2 Å². The number of ether oxygens (including phenoxy) is 1. The van der Waals surface area contributed by atoms with Gasteiger partial charge in [0.2, 0.25) is 5.91 Å². The summed E-state index contributed by atoms with van der Waals surface area (Å²) in [6.07, 6.45) is 1.99. The first-order valence-electron chi connectivity index (χ1n) is 6.31. The Hall–Kier alpha value is -1.18. The topological polar surface area (TPSA) is 96.7 Å². The molecule has 4 N–H and O–H groups in total. The number of nitrogens with one attached hydrogen (secondary N) is 2. The molecule has 0 spiro atoms. The quantitative estimate of drug-likeness (QED) is 0.577. The van der Waals surface area contributed by atoms with Gasteiger partial charge in [0.1, 0.15) is 0 Å². The molecule has 102 valence electrons. The number of morpholine rings is 1. The molecule has 0 radical (unpaired) electrons. The second-order valence-electron chi connectivity index (χ2n) is 4.76. The van der Waals surface area contributed by atoms with Gasteiger partial charge in [-0.2, -0.15) is 0 Å². The maximum absolute atomic E-state index is 11.6. The summed E-state index contributed by atoms with van der Waals surface area (Å²) in [6, 6.07) is -0.144. The van der Waals surface area contributed by atoms with Gasteiger partial charge in [0.05, 0.1) is 19.3 Å². The zero-order chi connectivity index (χ0) is 13.0. The summed E-state index contributed by atoms with van der Waals surface area (Å²) in [5, 5.41) is 5.04. The van der Waals surface area contributed by atoms with Crippen molar-refractivity contribution in [2.75, 3.05) is 32.8 Å². The number of carbonyl (C=O) groups is 2. The molecule has 0 aromatic carbocycles. The van der Waals surface area contributed by atoms with E-state index in [0.717, 1.165) is 12.8 Å². The fourth-order valence-electron chi connectivity index (χ4n) is 1.89. The molecule has 1 aliphatic carbocycles. The molecule has 1 saturated heterocycles. The predicted octanol–water partition coefficient (Wildman–Crippen LogP) is -1.37. The molecule has 2 rings (SSSR count). The van der Waals surface area contributed by atoms with E-state index in [9.17, 15) is 9.59 Å². The third kappa shape index (κ3) is 4.25. The summed E-state index contributed by atoms with van der Waals surface area (Å²) < 4.78 is 5.40. The van der Waals surface area contributed by atoms with Crippen LogP contribution in [0.2, 0.25) is 0 Å². The molecular weight excluding hydrogens is 236 g/mol. The van der Waals surface area contributed by atoms with E-state index >= 15 is 0 Å². The average molecular weight is 256 g/mol. The molecule has 1 atom stereocenters. The van der Waals surface area contributed by atoms with Crippen molar-refractivity contribution in [2.24, 2.45) is 5.73 Å². The Morgan fingerprint density at radius 3 is 2.83 bits per heavy atom. The summed E-state index contributed by atoms with van der Waals surface area (Å²) in [5.41, 5.74) is 5.52. The molecule has 3 amide bonds. The lowest BCUT2D eigenvalue weighted by atomic mass is 10.2. The van der Waals surface area contributed by atoms with Crippen LogP contribution in [-0.2, 0) is 9.53 Å². The van der Waals surface area contributed by atoms with Crippen molar-refractivity contribution < 1.29 is 14.3 Å². The molecular formula is C11H20N4O3. The van der Waals surface area contributed by atoms with Gasteiger partial charge < -0.3 is 15.8 Å². The fraction of sp³-hybridized carbons (Fsp3) is 0.818. The molecule has 0 aromatic rings. The monoisotopic (exact) mass is 256 g/mol. The van der Waals surface area contributed by atoms with Crippen LogP contribution in [0.5, 0.6) is 0 Å². The minimum absolute atomic E-state index is 0.0214. The molecule has 1 unspecified atom stereocenters. The minimum Gasteiger partial charge on any atom is -0.374 e. The van der Waals surface area contributed by atoms with E-state index in [2.05, 4.69) is 10.6 Å². The van der Waals surface area contributed by atoms with Gasteiger partial charge in [-0.1, -0.05) is 0 Å². The standard InChI is InChI=1S/C11H20N4O3/c12-5-9-6-15(3-4-18-9)7-10(16)14-11(17)13-8-1-2-8/h8-9H,1-7,12H2,(H2,13,14,16,17). The van der Waals surface area contributed by atoms with Crippen LogP contribution in [0.3, 0.4) is 0 Å². The van der Waals surface area contributed by atoms with Crippen molar-refractivity contribution in [3.05, 3.63) is 0 Å². The molecule has 1 heterocycles. The number of amides is 3. The summed E-state index contributed by atoms with van der Waals surface area (Å²) >= 11 is 0. The second-order valence-corrected chi connectivity index (χ2v) is 4.76. The highest BCUT2D eigenvalue weighted by Crippen LogP contribution is 2.18. The molecule has 0 bridgehead atoms. The summed E-state index contributed by atoms with van der Waals surface area (Å²) in [7, 11) is 0. The highest BCUT2D eigenvalue weighted by Gasteiger charge is 2.25. The number of hydrogen-bond donors (Lipinski definition) is 3. The summed E-state index contributed by atoms with van der Waals surface area (Å²) in [5.74, 6) is -0.286. The highest BCUT2D eigenvalue weighted by atomic mass is 16.5. The lowest BCUT2D eigenvalue weighted by molar-refractivity contribution is -0.123. The largest absolute Gasteiger partial charge is 0.374 e. The van der Waals surface area contributed by atoms with Gasteiger partial charge in [0.25, 0.3) is 0 Å². The van der Waals surface area contributed by atoms with Gasteiger partial charge in [-0.25, -0.2) is 4.79 Å². The van der Waals surface area contributed by atoms with Crippen LogP contribution in [0.4, 0.5) is 4.79 Å². The number of nitrogens with zero attached hydrogens (tertiary/aromatic N) is 1. The number of rotatable bonds is 4. The van der Waals surface area contributed by atoms with Crippen LogP contribution in [0.1, 0.15) is 12.8 Å². The van der Waals surface area contributed by atoms with Gasteiger partial charge in [0, 0.05) is 25.7 Å². The maximum Gasteiger partial charge on any atom is 0.321 e. The first-order valence-corrected chi connectivity index (χ1v) is 6.31. The predicted molar refractivity (Wildman–Crippen MR) is 64.9 cm³/mol. The SMILES string of the molecule is NCC1CN(CC(=O)NC(=O)NC2CC2)CCO1. The summed E-state index contributed by atoms with van der Waals surface area (Å²) in [4.78, 5) is 24.9. The molecule has 1 saturated carbocycles. The zero-order valence-electron chi connectivity index (χ0n) is 10.4. The molecule has 1 aliphatic heterocycles. The van der Waals surface area contributed by atoms with Crippen LogP contribution >= 0.6 is 0 Å². The summed E-state index contributed by atoms with van der Waals surface area (Å²) in [6.45, 7) is 2.55. The Bertz CT molecular complexity index is 319. The third-order valence-electron chi connectivity index (χ3n) is 3.02. The Morgan fingerprint density at radius 2 is 2.17 bits per heavy atom. The van der Waals surface area contributed by atoms with Crippen LogP contribution < -0.4 is 16.4 Å². The molecule has 0 aromatic heterocycles. The van der Waals surface area contributed by atoms with E-state index in [1.807, 2.05) is 4.90 Å². The number of imide groups is 1. The van der Waals surface area contributed by atoms with Crippen LogP contribution in [0.25, 0.3) is 0 Å². The molecule has 2 aliphatic rings. The Kier molecular flexibility index (Phi) is 4.51. The van der Waals surface area contributed by atoms with E-state index in [4.69, 9.17) is 10.5 Å².